The molecule has 3 aromatic rings. The number of hydrogen-bond donors (Lipinski definition) is 1. The van der Waals surface area contributed by atoms with E-state index in [4.69, 9.17) is 14.2 Å². The number of ether oxygens (including phenoxy) is 3. The van der Waals surface area contributed by atoms with E-state index in [1.54, 1.807) is 56.7 Å². The Labute approximate surface area is 173 Å². The first-order chi connectivity index (χ1) is 14.6. The maximum atomic E-state index is 13.0. The highest BCUT2D eigenvalue weighted by molar-refractivity contribution is 5.95. The molecule has 3 aromatic carbocycles. The van der Waals surface area contributed by atoms with Gasteiger partial charge in [-0.1, -0.05) is 0 Å². The molecule has 0 saturated heterocycles. The van der Waals surface area contributed by atoms with Crippen molar-refractivity contribution in [2.45, 2.75) is 6.61 Å². The Morgan fingerprint density at radius 3 is 2.33 bits per heavy atom. The minimum Gasteiger partial charge on any atom is -0.497 e. The molecular formula is C23H21FN2O4. The second kappa shape index (κ2) is 10.1. The number of carbonyl (C=O) groups is 1. The summed E-state index contributed by atoms with van der Waals surface area (Å²) in [5.74, 6) is 1.21. The summed E-state index contributed by atoms with van der Waals surface area (Å²) in [5.41, 5.74) is 4.49. The van der Waals surface area contributed by atoms with Gasteiger partial charge < -0.3 is 14.2 Å². The van der Waals surface area contributed by atoms with E-state index in [0.29, 0.717) is 22.8 Å². The Hall–Kier alpha value is -3.87. The van der Waals surface area contributed by atoms with Crippen LogP contribution >= 0.6 is 0 Å². The maximum Gasteiger partial charge on any atom is 0.271 e. The Morgan fingerprint density at radius 2 is 1.67 bits per heavy atom. The van der Waals surface area contributed by atoms with E-state index in [1.807, 2.05) is 12.1 Å². The van der Waals surface area contributed by atoms with Crippen LogP contribution in [-0.2, 0) is 6.61 Å². The number of methoxy groups -OCH3 is 2. The SMILES string of the molecule is COc1ccc(C(=O)N/N=C/c2ccc(OC)c(COc3ccc(F)cc3)c2)cc1. The molecule has 0 spiro atoms. The first-order valence-corrected chi connectivity index (χ1v) is 9.12. The van der Waals surface area contributed by atoms with Crippen LogP contribution in [0.15, 0.2) is 71.8 Å². The van der Waals surface area contributed by atoms with Crippen LogP contribution in [0.25, 0.3) is 0 Å². The minimum atomic E-state index is -0.331. The van der Waals surface area contributed by atoms with Gasteiger partial charge in [0.25, 0.3) is 5.91 Å². The minimum absolute atomic E-state index is 0.231. The van der Waals surface area contributed by atoms with Crippen molar-refractivity contribution >= 4 is 12.1 Å². The Morgan fingerprint density at radius 1 is 0.967 bits per heavy atom. The van der Waals surface area contributed by atoms with Crippen molar-refractivity contribution in [3.63, 3.8) is 0 Å². The van der Waals surface area contributed by atoms with Crippen LogP contribution in [0.1, 0.15) is 21.5 Å². The van der Waals surface area contributed by atoms with Gasteiger partial charge in [0.15, 0.2) is 0 Å². The third-order valence-corrected chi connectivity index (χ3v) is 4.24. The van der Waals surface area contributed by atoms with Crippen LogP contribution in [0.5, 0.6) is 17.2 Å². The van der Waals surface area contributed by atoms with E-state index in [2.05, 4.69) is 10.5 Å². The lowest BCUT2D eigenvalue weighted by Gasteiger charge is -2.11. The molecule has 0 fully saturated rings. The van der Waals surface area contributed by atoms with Crippen molar-refractivity contribution in [1.29, 1.82) is 0 Å². The van der Waals surface area contributed by atoms with E-state index in [1.165, 1.54) is 18.3 Å². The second-order valence-corrected chi connectivity index (χ2v) is 6.24. The third kappa shape index (κ3) is 5.57. The number of carbonyl (C=O) groups excluding carboxylic acids is 1. The largest absolute Gasteiger partial charge is 0.497 e. The molecule has 0 saturated carbocycles. The Bertz CT molecular complexity index is 1020. The van der Waals surface area contributed by atoms with Crippen LogP contribution in [0, 0.1) is 5.82 Å². The van der Waals surface area contributed by atoms with Gasteiger partial charge in [-0.2, -0.15) is 5.10 Å². The standard InChI is InChI=1S/C23H21FN2O4/c1-28-20-8-4-17(5-9-20)23(27)26-25-14-16-3-12-22(29-2)18(13-16)15-30-21-10-6-19(24)7-11-21/h3-14H,15H2,1-2H3,(H,26,27)/b25-14+. The number of nitrogens with one attached hydrogen (secondary N) is 1. The number of halogens is 1. The number of amides is 1. The summed E-state index contributed by atoms with van der Waals surface area (Å²) >= 11 is 0. The van der Waals surface area contributed by atoms with Gasteiger partial charge in [-0.3, -0.25) is 4.79 Å². The van der Waals surface area contributed by atoms with E-state index >= 15 is 0 Å². The number of hydrogen-bond acceptors (Lipinski definition) is 5. The quantitative estimate of drug-likeness (QED) is 0.448. The monoisotopic (exact) mass is 408 g/mol. The van der Waals surface area contributed by atoms with E-state index in [-0.39, 0.29) is 18.3 Å². The van der Waals surface area contributed by atoms with Gasteiger partial charge in [0, 0.05) is 11.1 Å². The van der Waals surface area contributed by atoms with Crippen molar-refractivity contribution in [3.8, 4) is 17.2 Å². The lowest BCUT2D eigenvalue weighted by atomic mass is 10.1. The van der Waals surface area contributed by atoms with E-state index in [9.17, 15) is 9.18 Å². The fourth-order valence-corrected chi connectivity index (χ4v) is 2.66. The van der Waals surface area contributed by atoms with Gasteiger partial charge in [0.2, 0.25) is 0 Å². The molecule has 3 rings (SSSR count). The van der Waals surface area contributed by atoms with Gasteiger partial charge in [-0.15, -0.1) is 0 Å². The summed E-state index contributed by atoms with van der Waals surface area (Å²) in [6.07, 6.45) is 1.53. The zero-order valence-corrected chi connectivity index (χ0v) is 16.6. The molecule has 6 nitrogen and oxygen atoms in total. The molecule has 1 amide bonds. The van der Waals surface area contributed by atoms with Gasteiger partial charge in [-0.05, 0) is 72.3 Å². The molecule has 0 unspecified atom stereocenters. The third-order valence-electron chi connectivity index (χ3n) is 4.24. The van der Waals surface area contributed by atoms with Crippen molar-refractivity contribution in [1.82, 2.24) is 5.43 Å². The molecular weight excluding hydrogens is 387 g/mol. The van der Waals surface area contributed by atoms with Crippen LogP contribution < -0.4 is 19.6 Å². The Balaban J connectivity index is 1.64. The zero-order chi connectivity index (χ0) is 21.3. The summed E-state index contributed by atoms with van der Waals surface area (Å²) in [4.78, 5) is 12.2. The van der Waals surface area contributed by atoms with E-state index < -0.39 is 0 Å². The highest BCUT2D eigenvalue weighted by Gasteiger charge is 2.07. The van der Waals surface area contributed by atoms with Crippen molar-refractivity contribution in [3.05, 3.63) is 89.2 Å². The predicted molar refractivity (Wildman–Crippen MR) is 112 cm³/mol. The van der Waals surface area contributed by atoms with Crippen molar-refractivity contribution < 1.29 is 23.4 Å². The van der Waals surface area contributed by atoms with Crippen LogP contribution in [0.3, 0.4) is 0 Å². The fourth-order valence-electron chi connectivity index (χ4n) is 2.66. The molecule has 0 aliphatic rings. The topological polar surface area (TPSA) is 69.2 Å². The molecule has 1 N–H and O–H groups in total. The summed E-state index contributed by atoms with van der Waals surface area (Å²) in [5, 5.41) is 4.01. The molecule has 0 atom stereocenters. The molecule has 7 heteroatoms. The molecule has 0 radical (unpaired) electrons. The normalized spacial score (nSPS) is 10.6. The lowest BCUT2D eigenvalue weighted by molar-refractivity contribution is 0.0955. The molecule has 0 bridgehead atoms. The summed E-state index contributed by atoms with van der Waals surface area (Å²) in [6.45, 7) is 0.231. The summed E-state index contributed by atoms with van der Waals surface area (Å²) in [6, 6.07) is 17.9. The second-order valence-electron chi connectivity index (χ2n) is 6.24. The molecule has 154 valence electrons. The summed E-state index contributed by atoms with van der Waals surface area (Å²) < 4.78 is 29.1. The molecule has 0 aliphatic carbocycles. The number of hydrazone groups is 1. The van der Waals surface area contributed by atoms with Gasteiger partial charge >= 0.3 is 0 Å². The molecule has 0 aliphatic heterocycles. The van der Waals surface area contributed by atoms with Crippen molar-refractivity contribution in [2.24, 2.45) is 5.10 Å². The van der Waals surface area contributed by atoms with Crippen LogP contribution in [0.4, 0.5) is 4.39 Å². The zero-order valence-electron chi connectivity index (χ0n) is 16.6. The lowest BCUT2D eigenvalue weighted by Crippen LogP contribution is -2.17. The highest BCUT2D eigenvalue weighted by atomic mass is 19.1. The molecule has 0 aromatic heterocycles. The number of nitrogens with zero attached hydrogens (tertiary/aromatic N) is 1. The summed E-state index contributed by atoms with van der Waals surface area (Å²) in [7, 11) is 3.13. The average molecular weight is 408 g/mol. The molecule has 30 heavy (non-hydrogen) atoms. The maximum absolute atomic E-state index is 13.0. The molecule has 0 heterocycles. The predicted octanol–water partition coefficient (Wildman–Crippen LogP) is 4.19. The smallest absolute Gasteiger partial charge is 0.271 e. The number of rotatable bonds is 8. The average Bonchev–Trinajstić information content (AvgIpc) is 2.78. The van der Waals surface area contributed by atoms with E-state index in [0.717, 1.165) is 11.1 Å². The van der Waals surface area contributed by atoms with Crippen molar-refractivity contribution in [2.75, 3.05) is 14.2 Å². The van der Waals surface area contributed by atoms with Gasteiger partial charge in [0.1, 0.15) is 29.7 Å². The van der Waals surface area contributed by atoms with Crippen LogP contribution in [0.2, 0.25) is 0 Å². The highest BCUT2D eigenvalue weighted by Crippen LogP contribution is 2.22. The van der Waals surface area contributed by atoms with Gasteiger partial charge in [0.05, 0.1) is 20.4 Å². The van der Waals surface area contributed by atoms with Crippen LogP contribution in [-0.4, -0.2) is 26.3 Å². The first kappa shape index (κ1) is 20.9. The Kier molecular flexibility index (Phi) is 7.00. The first-order valence-electron chi connectivity index (χ1n) is 9.12. The van der Waals surface area contributed by atoms with Gasteiger partial charge in [-0.25, -0.2) is 9.82 Å². The fraction of sp³-hybridized carbons (Fsp3) is 0.130. The number of benzene rings is 3.